The summed E-state index contributed by atoms with van der Waals surface area (Å²) in [6.07, 6.45) is 7.52. The molecule has 106 valence electrons. The van der Waals surface area contributed by atoms with Crippen molar-refractivity contribution in [3.63, 3.8) is 0 Å². The van der Waals surface area contributed by atoms with Crippen LogP contribution in [0.3, 0.4) is 0 Å². The van der Waals surface area contributed by atoms with E-state index in [2.05, 4.69) is 18.7 Å². The quantitative estimate of drug-likeness (QED) is 0.855. The van der Waals surface area contributed by atoms with Crippen molar-refractivity contribution in [1.82, 2.24) is 4.98 Å². The van der Waals surface area contributed by atoms with Crippen LogP contribution in [0.15, 0.2) is 0 Å². The highest BCUT2D eigenvalue weighted by atomic mass is 32.1. The number of aromatic nitrogens is 1. The minimum Gasteiger partial charge on any atom is -0.348 e. The Bertz CT molecular complexity index is 444. The molecule has 1 aliphatic carbocycles. The molecule has 0 amide bonds. The van der Waals surface area contributed by atoms with Crippen LogP contribution in [-0.2, 0) is 6.42 Å². The highest BCUT2D eigenvalue weighted by Crippen LogP contribution is 2.43. The van der Waals surface area contributed by atoms with Crippen molar-refractivity contribution in [1.29, 1.82) is 0 Å². The summed E-state index contributed by atoms with van der Waals surface area (Å²) in [5.74, 6) is 0. The highest BCUT2D eigenvalue weighted by molar-refractivity contribution is 7.15. The Hall–Kier alpha value is -0.610. The molecule has 2 N–H and O–H groups in total. The lowest BCUT2D eigenvalue weighted by atomic mass is 9.77. The fourth-order valence-electron chi connectivity index (χ4n) is 3.38. The average molecular weight is 279 g/mol. The van der Waals surface area contributed by atoms with Gasteiger partial charge in [0.2, 0.25) is 0 Å². The third-order valence-corrected chi connectivity index (χ3v) is 5.64. The van der Waals surface area contributed by atoms with Crippen LogP contribution in [0.5, 0.6) is 0 Å². The molecular weight excluding hydrogens is 254 g/mol. The maximum atomic E-state index is 6.35. The molecule has 1 fully saturated rings. The zero-order valence-electron chi connectivity index (χ0n) is 12.1. The maximum absolute atomic E-state index is 6.35. The molecule has 1 aromatic rings. The first-order chi connectivity index (χ1) is 9.05. The van der Waals surface area contributed by atoms with E-state index in [1.807, 2.05) is 11.3 Å². The molecule has 1 saturated heterocycles. The summed E-state index contributed by atoms with van der Waals surface area (Å²) in [6, 6.07) is 0.192. The predicted octanol–water partition coefficient (Wildman–Crippen LogP) is 3.50. The largest absolute Gasteiger partial charge is 0.348 e. The van der Waals surface area contributed by atoms with Crippen molar-refractivity contribution in [2.75, 3.05) is 18.0 Å². The van der Waals surface area contributed by atoms with Crippen molar-refractivity contribution in [3.8, 4) is 0 Å². The molecule has 19 heavy (non-hydrogen) atoms. The summed E-state index contributed by atoms with van der Waals surface area (Å²) < 4.78 is 0. The standard InChI is InChI=1S/C15H25N3S/c1-15(2)9-11(16)13-12(10-15)17-14(19-13)18-7-5-3-4-6-8-18/h11H,3-10,16H2,1-2H3. The van der Waals surface area contributed by atoms with Gasteiger partial charge in [0, 0.05) is 24.0 Å². The van der Waals surface area contributed by atoms with Crippen molar-refractivity contribution < 1.29 is 0 Å². The summed E-state index contributed by atoms with van der Waals surface area (Å²) in [5.41, 5.74) is 7.92. The van der Waals surface area contributed by atoms with Gasteiger partial charge in [-0.05, 0) is 31.1 Å². The van der Waals surface area contributed by atoms with E-state index < -0.39 is 0 Å². The molecular formula is C15H25N3S. The highest BCUT2D eigenvalue weighted by Gasteiger charge is 2.33. The average Bonchev–Trinajstić information content (AvgIpc) is 2.58. The minimum absolute atomic E-state index is 0.192. The molecule has 1 aliphatic heterocycles. The van der Waals surface area contributed by atoms with E-state index in [9.17, 15) is 0 Å². The number of hydrogen-bond donors (Lipinski definition) is 1. The monoisotopic (exact) mass is 279 g/mol. The molecule has 0 aromatic carbocycles. The zero-order valence-corrected chi connectivity index (χ0v) is 12.9. The molecule has 1 aromatic heterocycles. The lowest BCUT2D eigenvalue weighted by molar-refractivity contribution is 0.282. The van der Waals surface area contributed by atoms with Crippen LogP contribution in [0.1, 0.15) is 62.6 Å². The zero-order chi connectivity index (χ0) is 13.5. The molecule has 4 heteroatoms. The molecule has 3 nitrogen and oxygen atoms in total. The van der Waals surface area contributed by atoms with Gasteiger partial charge in [-0.1, -0.05) is 38.0 Å². The molecule has 2 heterocycles. The van der Waals surface area contributed by atoms with Gasteiger partial charge in [-0.2, -0.15) is 0 Å². The number of nitrogens with zero attached hydrogens (tertiary/aromatic N) is 2. The van der Waals surface area contributed by atoms with E-state index in [4.69, 9.17) is 10.7 Å². The first-order valence-electron chi connectivity index (χ1n) is 7.55. The molecule has 1 atom stereocenters. The van der Waals surface area contributed by atoms with E-state index >= 15 is 0 Å². The summed E-state index contributed by atoms with van der Waals surface area (Å²) in [6.45, 7) is 6.96. The Morgan fingerprint density at radius 3 is 2.58 bits per heavy atom. The van der Waals surface area contributed by atoms with Crippen molar-refractivity contribution in [3.05, 3.63) is 10.6 Å². The number of nitrogens with two attached hydrogens (primary N) is 1. The second-order valence-electron chi connectivity index (χ2n) is 6.86. The Morgan fingerprint density at radius 1 is 1.21 bits per heavy atom. The Balaban J connectivity index is 1.85. The van der Waals surface area contributed by atoms with Gasteiger partial charge < -0.3 is 10.6 Å². The van der Waals surface area contributed by atoms with Gasteiger partial charge in [0.15, 0.2) is 5.13 Å². The van der Waals surface area contributed by atoms with Crippen LogP contribution in [0.25, 0.3) is 0 Å². The van der Waals surface area contributed by atoms with Crippen molar-refractivity contribution in [2.24, 2.45) is 11.1 Å². The molecule has 0 radical (unpaired) electrons. The lowest BCUT2D eigenvalue weighted by Crippen LogP contribution is -2.28. The normalized spacial score (nSPS) is 26.9. The van der Waals surface area contributed by atoms with E-state index in [1.165, 1.54) is 54.5 Å². The van der Waals surface area contributed by atoms with Gasteiger partial charge >= 0.3 is 0 Å². The number of thiazole rings is 1. The van der Waals surface area contributed by atoms with E-state index in [0.717, 1.165) is 12.8 Å². The predicted molar refractivity (Wildman–Crippen MR) is 81.8 cm³/mol. The number of anilines is 1. The number of fused-ring (bicyclic) bond motifs is 1. The van der Waals surface area contributed by atoms with Gasteiger partial charge in [-0.15, -0.1) is 0 Å². The summed E-state index contributed by atoms with van der Waals surface area (Å²) in [4.78, 5) is 8.75. The van der Waals surface area contributed by atoms with Gasteiger partial charge in [0.25, 0.3) is 0 Å². The molecule has 3 rings (SSSR count). The van der Waals surface area contributed by atoms with Crippen molar-refractivity contribution in [2.45, 2.75) is 58.4 Å². The van der Waals surface area contributed by atoms with Gasteiger partial charge in [0.1, 0.15) is 0 Å². The van der Waals surface area contributed by atoms with E-state index in [0.29, 0.717) is 5.41 Å². The van der Waals surface area contributed by atoms with Crippen LogP contribution in [0.2, 0.25) is 0 Å². The number of rotatable bonds is 1. The SMILES string of the molecule is CC1(C)Cc2nc(N3CCCCCC3)sc2C(N)C1. The molecule has 1 unspecified atom stereocenters. The summed E-state index contributed by atoms with van der Waals surface area (Å²) in [5, 5.41) is 1.22. The summed E-state index contributed by atoms with van der Waals surface area (Å²) >= 11 is 1.85. The van der Waals surface area contributed by atoms with Gasteiger partial charge in [0.05, 0.1) is 5.69 Å². The first kappa shape index (κ1) is 13.4. The number of hydrogen-bond acceptors (Lipinski definition) is 4. The molecule has 2 aliphatic rings. The van der Waals surface area contributed by atoms with Crippen LogP contribution >= 0.6 is 11.3 Å². The Labute approximate surface area is 120 Å². The molecule has 0 spiro atoms. The second kappa shape index (κ2) is 5.06. The summed E-state index contributed by atoms with van der Waals surface area (Å²) in [7, 11) is 0. The van der Waals surface area contributed by atoms with E-state index in [1.54, 1.807) is 0 Å². The fourth-order valence-corrected chi connectivity index (χ4v) is 4.51. The fraction of sp³-hybridized carbons (Fsp3) is 0.800. The van der Waals surface area contributed by atoms with Gasteiger partial charge in [-0.25, -0.2) is 4.98 Å². The lowest BCUT2D eigenvalue weighted by Gasteiger charge is -2.32. The van der Waals surface area contributed by atoms with Crippen LogP contribution in [0.4, 0.5) is 5.13 Å². The minimum atomic E-state index is 0.192. The third-order valence-electron chi connectivity index (χ3n) is 4.35. The molecule has 0 saturated carbocycles. The maximum Gasteiger partial charge on any atom is 0.185 e. The Morgan fingerprint density at radius 2 is 1.89 bits per heavy atom. The first-order valence-corrected chi connectivity index (χ1v) is 8.37. The molecule has 0 bridgehead atoms. The van der Waals surface area contributed by atoms with Gasteiger partial charge in [-0.3, -0.25) is 0 Å². The topological polar surface area (TPSA) is 42.2 Å². The van der Waals surface area contributed by atoms with E-state index in [-0.39, 0.29) is 6.04 Å². The van der Waals surface area contributed by atoms with Crippen LogP contribution in [-0.4, -0.2) is 18.1 Å². The van der Waals surface area contributed by atoms with Crippen molar-refractivity contribution >= 4 is 16.5 Å². The smallest absolute Gasteiger partial charge is 0.185 e. The van der Waals surface area contributed by atoms with Crippen LogP contribution < -0.4 is 10.6 Å². The van der Waals surface area contributed by atoms with Crippen LogP contribution in [0, 0.1) is 5.41 Å². The second-order valence-corrected chi connectivity index (χ2v) is 7.87. The third kappa shape index (κ3) is 2.79. The Kier molecular flexibility index (Phi) is 3.56.